The van der Waals surface area contributed by atoms with Gasteiger partial charge in [-0.15, -0.1) is 0 Å². The summed E-state index contributed by atoms with van der Waals surface area (Å²) >= 11 is 0. The van der Waals surface area contributed by atoms with Gasteiger partial charge in [0.1, 0.15) is 0 Å². The molecule has 1 aromatic rings. The van der Waals surface area contributed by atoms with Crippen molar-refractivity contribution in [2.45, 2.75) is 25.8 Å². The third-order valence-corrected chi connectivity index (χ3v) is 3.33. The summed E-state index contributed by atoms with van der Waals surface area (Å²) < 4.78 is 5.10. The number of anilines is 2. The van der Waals surface area contributed by atoms with Crippen molar-refractivity contribution in [3.63, 3.8) is 0 Å². The van der Waals surface area contributed by atoms with Gasteiger partial charge in [0.25, 0.3) is 0 Å². The summed E-state index contributed by atoms with van der Waals surface area (Å²) in [5, 5.41) is 3.48. The van der Waals surface area contributed by atoms with E-state index in [2.05, 4.69) is 41.4 Å². The molecule has 0 radical (unpaired) electrons. The van der Waals surface area contributed by atoms with E-state index in [1.54, 1.807) is 7.11 Å². The fraction of sp³-hybridized carbons (Fsp3) is 0.571. The number of rotatable bonds is 5. The van der Waals surface area contributed by atoms with Crippen molar-refractivity contribution in [1.29, 1.82) is 0 Å². The minimum atomic E-state index is 0.562. The van der Waals surface area contributed by atoms with Crippen LogP contribution in [0.3, 0.4) is 0 Å². The number of hydrogen-bond donors (Lipinski definition) is 1. The maximum absolute atomic E-state index is 5.10. The van der Waals surface area contributed by atoms with Gasteiger partial charge in [0.05, 0.1) is 11.4 Å². The molecule has 1 atom stereocenters. The van der Waals surface area contributed by atoms with Crippen molar-refractivity contribution in [2.24, 2.45) is 0 Å². The number of hydrogen-bond acceptors (Lipinski definition) is 3. The Balaban J connectivity index is 2.00. The summed E-state index contributed by atoms with van der Waals surface area (Å²) in [6.07, 6.45) is 2.32. The third-order valence-electron chi connectivity index (χ3n) is 3.33. The average molecular weight is 234 g/mol. The Morgan fingerprint density at radius 2 is 2.18 bits per heavy atom. The minimum absolute atomic E-state index is 0.562. The lowest BCUT2D eigenvalue weighted by Crippen LogP contribution is -2.42. The minimum Gasteiger partial charge on any atom is -0.385 e. The molecule has 1 heterocycles. The number of ether oxygens (including phenoxy) is 1. The SMILES string of the molecule is COCCCCN1c2ccccc2NCC1C. The van der Waals surface area contributed by atoms with E-state index in [-0.39, 0.29) is 0 Å². The van der Waals surface area contributed by atoms with Crippen LogP contribution in [0.5, 0.6) is 0 Å². The smallest absolute Gasteiger partial charge is 0.0605 e. The van der Waals surface area contributed by atoms with Crippen molar-refractivity contribution >= 4 is 11.4 Å². The number of nitrogens with one attached hydrogen (secondary N) is 1. The van der Waals surface area contributed by atoms with E-state index in [1.165, 1.54) is 17.8 Å². The van der Waals surface area contributed by atoms with Gasteiger partial charge in [0.15, 0.2) is 0 Å². The molecule has 3 nitrogen and oxygen atoms in total. The molecule has 0 aliphatic carbocycles. The average Bonchev–Trinajstić information content (AvgIpc) is 2.37. The van der Waals surface area contributed by atoms with Crippen LogP contribution in [-0.4, -0.2) is 32.8 Å². The summed E-state index contributed by atoms with van der Waals surface area (Å²) in [5.74, 6) is 0. The van der Waals surface area contributed by atoms with Crippen molar-refractivity contribution in [1.82, 2.24) is 0 Å². The van der Waals surface area contributed by atoms with E-state index >= 15 is 0 Å². The zero-order chi connectivity index (χ0) is 12.1. The number of methoxy groups -OCH3 is 1. The summed E-state index contributed by atoms with van der Waals surface area (Å²) in [6, 6.07) is 9.12. The van der Waals surface area contributed by atoms with Gasteiger partial charge in [-0.05, 0) is 31.9 Å². The predicted octanol–water partition coefficient (Wildman–Crippen LogP) is 2.73. The Morgan fingerprint density at radius 3 is 3.00 bits per heavy atom. The van der Waals surface area contributed by atoms with E-state index in [9.17, 15) is 0 Å². The van der Waals surface area contributed by atoms with E-state index in [4.69, 9.17) is 4.74 Å². The van der Waals surface area contributed by atoms with Crippen molar-refractivity contribution in [3.05, 3.63) is 24.3 Å². The largest absolute Gasteiger partial charge is 0.385 e. The molecule has 2 rings (SSSR count). The summed E-state index contributed by atoms with van der Waals surface area (Å²) in [7, 11) is 1.77. The van der Waals surface area contributed by atoms with Crippen LogP contribution < -0.4 is 10.2 Å². The van der Waals surface area contributed by atoms with Crippen LogP contribution in [0.25, 0.3) is 0 Å². The van der Waals surface area contributed by atoms with E-state index in [0.29, 0.717) is 6.04 Å². The second kappa shape index (κ2) is 5.92. The molecule has 1 aliphatic heterocycles. The summed E-state index contributed by atoms with van der Waals surface area (Å²) in [5.41, 5.74) is 2.60. The van der Waals surface area contributed by atoms with E-state index < -0.39 is 0 Å². The molecule has 0 aromatic heterocycles. The molecule has 0 bridgehead atoms. The number of unbranched alkanes of at least 4 members (excludes halogenated alkanes) is 1. The lowest BCUT2D eigenvalue weighted by atomic mass is 10.1. The van der Waals surface area contributed by atoms with Crippen LogP contribution >= 0.6 is 0 Å². The van der Waals surface area contributed by atoms with Crippen LogP contribution in [0, 0.1) is 0 Å². The zero-order valence-corrected chi connectivity index (χ0v) is 10.8. The first-order chi connectivity index (χ1) is 8.33. The van der Waals surface area contributed by atoms with Crippen LogP contribution in [-0.2, 0) is 4.74 Å². The molecule has 0 amide bonds. The highest BCUT2D eigenvalue weighted by molar-refractivity contribution is 5.72. The molecule has 1 aliphatic rings. The first kappa shape index (κ1) is 12.2. The maximum atomic E-state index is 5.10. The number of fused-ring (bicyclic) bond motifs is 1. The van der Waals surface area contributed by atoms with Gasteiger partial charge >= 0.3 is 0 Å². The standard InChI is InChI=1S/C14H22N2O/c1-12-11-15-13-7-3-4-8-14(13)16(12)9-5-6-10-17-2/h3-4,7-8,12,15H,5-6,9-11H2,1-2H3. The van der Waals surface area contributed by atoms with E-state index in [0.717, 1.165) is 26.1 Å². The highest BCUT2D eigenvalue weighted by Gasteiger charge is 2.21. The first-order valence-electron chi connectivity index (χ1n) is 6.41. The topological polar surface area (TPSA) is 24.5 Å². The lowest BCUT2D eigenvalue weighted by Gasteiger charge is -2.37. The van der Waals surface area contributed by atoms with Gasteiger partial charge in [-0.3, -0.25) is 0 Å². The molecule has 1 unspecified atom stereocenters. The molecule has 3 heteroatoms. The second-order valence-electron chi connectivity index (χ2n) is 4.64. The maximum Gasteiger partial charge on any atom is 0.0605 e. The molecule has 0 saturated carbocycles. The molecule has 1 aromatic carbocycles. The summed E-state index contributed by atoms with van der Waals surface area (Å²) in [6.45, 7) is 5.28. The monoisotopic (exact) mass is 234 g/mol. The van der Waals surface area contributed by atoms with Gasteiger partial charge < -0.3 is 15.0 Å². The molecule has 94 valence electrons. The van der Waals surface area contributed by atoms with Gasteiger partial charge in [-0.1, -0.05) is 12.1 Å². The highest BCUT2D eigenvalue weighted by atomic mass is 16.5. The molecule has 1 N–H and O–H groups in total. The fourth-order valence-corrected chi connectivity index (χ4v) is 2.35. The Kier molecular flexibility index (Phi) is 4.26. The zero-order valence-electron chi connectivity index (χ0n) is 10.8. The molecular formula is C14H22N2O. The molecule has 17 heavy (non-hydrogen) atoms. The van der Waals surface area contributed by atoms with Gasteiger partial charge in [0, 0.05) is 32.8 Å². The Morgan fingerprint density at radius 1 is 1.35 bits per heavy atom. The Hall–Kier alpha value is -1.22. The summed E-state index contributed by atoms with van der Waals surface area (Å²) in [4.78, 5) is 2.50. The van der Waals surface area contributed by atoms with Gasteiger partial charge in [0.2, 0.25) is 0 Å². The van der Waals surface area contributed by atoms with Crippen LogP contribution in [0.4, 0.5) is 11.4 Å². The van der Waals surface area contributed by atoms with Crippen LogP contribution in [0.1, 0.15) is 19.8 Å². The Bertz CT molecular complexity index is 354. The molecule has 0 spiro atoms. The normalized spacial score (nSPS) is 18.7. The van der Waals surface area contributed by atoms with Gasteiger partial charge in [-0.2, -0.15) is 0 Å². The van der Waals surface area contributed by atoms with Crippen molar-refractivity contribution in [2.75, 3.05) is 37.0 Å². The fourth-order valence-electron chi connectivity index (χ4n) is 2.35. The number of nitrogens with zero attached hydrogens (tertiary/aromatic N) is 1. The number of benzene rings is 1. The second-order valence-corrected chi connectivity index (χ2v) is 4.64. The molecule has 0 fully saturated rings. The lowest BCUT2D eigenvalue weighted by molar-refractivity contribution is 0.193. The molecular weight excluding hydrogens is 212 g/mol. The predicted molar refractivity (Wildman–Crippen MR) is 72.8 cm³/mol. The first-order valence-corrected chi connectivity index (χ1v) is 6.41. The van der Waals surface area contributed by atoms with Crippen LogP contribution in [0.15, 0.2) is 24.3 Å². The molecule has 0 saturated heterocycles. The third kappa shape index (κ3) is 2.91. The van der Waals surface area contributed by atoms with Crippen LogP contribution in [0.2, 0.25) is 0 Å². The van der Waals surface area contributed by atoms with Crippen molar-refractivity contribution < 1.29 is 4.74 Å². The van der Waals surface area contributed by atoms with E-state index in [1.807, 2.05) is 0 Å². The van der Waals surface area contributed by atoms with Gasteiger partial charge in [-0.25, -0.2) is 0 Å². The number of para-hydroxylation sites is 2. The Labute approximate surface area is 104 Å². The van der Waals surface area contributed by atoms with Crippen molar-refractivity contribution in [3.8, 4) is 0 Å². The highest BCUT2D eigenvalue weighted by Crippen LogP contribution is 2.31. The quantitative estimate of drug-likeness (QED) is 0.793.